The van der Waals surface area contributed by atoms with Crippen molar-refractivity contribution in [2.75, 3.05) is 32.7 Å². The summed E-state index contributed by atoms with van der Waals surface area (Å²) < 4.78 is 1.94. The molecular formula is C27H33ClN6O2. The van der Waals surface area contributed by atoms with E-state index < -0.39 is 0 Å². The molecule has 0 spiro atoms. The SMILES string of the molecule is CC(=O)N1CCN(C[C@@H](C)NC(=O)c2cc(-c3ccc(Cl)cn3)cc(-c3ccnn3C(C)C)c2)CC1. The molecule has 0 radical (unpaired) electrons. The number of carbonyl (C=O) groups excluding carboxylic acids is 2. The van der Waals surface area contributed by atoms with Crippen LogP contribution >= 0.6 is 11.6 Å². The van der Waals surface area contributed by atoms with Gasteiger partial charge in [0.25, 0.3) is 5.91 Å². The Balaban J connectivity index is 1.56. The van der Waals surface area contributed by atoms with Gasteiger partial charge in [-0.25, -0.2) is 0 Å². The molecule has 1 saturated heterocycles. The lowest BCUT2D eigenvalue weighted by Crippen LogP contribution is -2.51. The fraction of sp³-hybridized carbons (Fsp3) is 0.407. The average molecular weight is 509 g/mol. The molecule has 1 aliphatic rings. The zero-order valence-corrected chi connectivity index (χ0v) is 22.0. The molecule has 0 bridgehead atoms. The van der Waals surface area contributed by atoms with Gasteiger partial charge in [-0.2, -0.15) is 5.10 Å². The molecular weight excluding hydrogens is 476 g/mol. The van der Waals surface area contributed by atoms with Crippen LogP contribution in [0.5, 0.6) is 0 Å². The van der Waals surface area contributed by atoms with E-state index in [4.69, 9.17) is 11.6 Å². The van der Waals surface area contributed by atoms with Crippen LogP contribution < -0.4 is 5.32 Å². The zero-order chi connectivity index (χ0) is 25.8. The second-order valence-corrected chi connectivity index (χ2v) is 10.0. The van der Waals surface area contributed by atoms with Crippen LogP contribution in [0, 0.1) is 0 Å². The highest BCUT2D eigenvalue weighted by molar-refractivity contribution is 6.30. The van der Waals surface area contributed by atoms with Crippen molar-refractivity contribution in [1.82, 2.24) is 29.9 Å². The third kappa shape index (κ3) is 6.12. The van der Waals surface area contributed by atoms with Crippen molar-refractivity contribution in [3.05, 3.63) is 59.4 Å². The number of hydrogen-bond donors (Lipinski definition) is 1. The lowest BCUT2D eigenvalue weighted by Gasteiger charge is -2.35. The van der Waals surface area contributed by atoms with Gasteiger partial charge < -0.3 is 10.2 Å². The van der Waals surface area contributed by atoms with E-state index in [9.17, 15) is 9.59 Å². The molecule has 1 atom stereocenters. The van der Waals surface area contributed by atoms with Crippen molar-refractivity contribution in [1.29, 1.82) is 0 Å². The minimum atomic E-state index is -0.141. The van der Waals surface area contributed by atoms with E-state index in [1.54, 1.807) is 25.4 Å². The van der Waals surface area contributed by atoms with Crippen molar-refractivity contribution in [2.45, 2.75) is 39.8 Å². The maximum atomic E-state index is 13.4. The van der Waals surface area contributed by atoms with Crippen LogP contribution in [0.2, 0.25) is 5.02 Å². The maximum Gasteiger partial charge on any atom is 0.251 e. The summed E-state index contributed by atoms with van der Waals surface area (Å²) in [6.07, 6.45) is 3.38. The van der Waals surface area contributed by atoms with Gasteiger partial charge in [0.15, 0.2) is 0 Å². The smallest absolute Gasteiger partial charge is 0.251 e. The molecule has 0 saturated carbocycles. The normalized spacial score (nSPS) is 15.2. The highest BCUT2D eigenvalue weighted by Gasteiger charge is 2.21. The molecule has 4 rings (SSSR count). The molecule has 1 N–H and O–H groups in total. The molecule has 0 aliphatic carbocycles. The van der Waals surface area contributed by atoms with Crippen LogP contribution in [0.1, 0.15) is 44.1 Å². The summed E-state index contributed by atoms with van der Waals surface area (Å²) >= 11 is 6.05. The van der Waals surface area contributed by atoms with Gasteiger partial charge in [-0.05, 0) is 57.2 Å². The predicted molar refractivity (Wildman–Crippen MR) is 142 cm³/mol. The standard InChI is InChI=1S/C27H33ClN6O2/c1-18(2)34-26(7-8-30-34)22-13-21(25-6-5-24(28)16-29-25)14-23(15-22)27(36)31-19(3)17-32-9-11-33(12-10-32)20(4)35/h5-8,13-16,18-19H,9-12,17H2,1-4H3,(H,31,36)/t19-/m1/s1. The molecule has 8 nitrogen and oxygen atoms in total. The fourth-order valence-corrected chi connectivity index (χ4v) is 4.65. The predicted octanol–water partition coefficient (Wildman–Crippen LogP) is 4.13. The monoisotopic (exact) mass is 508 g/mol. The summed E-state index contributed by atoms with van der Waals surface area (Å²) in [6.45, 7) is 11.5. The van der Waals surface area contributed by atoms with Crippen molar-refractivity contribution in [3.63, 3.8) is 0 Å². The van der Waals surface area contributed by atoms with E-state index in [2.05, 4.69) is 34.1 Å². The number of nitrogens with zero attached hydrogens (tertiary/aromatic N) is 5. The maximum absolute atomic E-state index is 13.4. The first-order chi connectivity index (χ1) is 17.2. The molecule has 2 amide bonds. The average Bonchev–Trinajstić information content (AvgIpc) is 3.35. The number of hydrogen-bond acceptors (Lipinski definition) is 5. The number of nitrogens with one attached hydrogen (secondary N) is 1. The minimum absolute atomic E-state index is 0.0525. The van der Waals surface area contributed by atoms with E-state index >= 15 is 0 Å². The highest BCUT2D eigenvalue weighted by Crippen LogP contribution is 2.29. The Morgan fingerprint density at radius 2 is 1.75 bits per heavy atom. The van der Waals surface area contributed by atoms with Crippen LogP contribution in [0.3, 0.4) is 0 Å². The summed E-state index contributed by atoms with van der Waals surface area (Å²) in [5.74, 6) is -0.0294. The lowest BCUT2D eigenvalue weighted by atomic mass is 10.00. The molecule has 2 aromatic heterocycles. The number of rotatable bonds is 7. The van der Waals surface area contributed by atoms with E-state index in [1.165, 1.54) is 0 Å². The van der Waals surface area contributed by atoms with Crippen LogP contribution in [-0.2, 0) is 4.79 Å². The largest absolute Gasteiger partial charge is 0.348 e. The number of aromatic nitrogens is 3. The molecule has 36 heavy (non-hydrogen) atoms. The van der Waals surface area contributed by atoms with Gasteiger partial charge in [0.2, 0.25) is 5.91 Å². The Hall–Kier alpha value is -3.23. The summed E-state index contributed by atoms with van der Waals surface area (Å²) in [6, 6.07) is 11.5. The van der Waals surface area contributed by atoms with Gasteiger partial charge in [-0.15, -0.1) is 0 Å². The molecule has 3 heterocycles. The van der Waals surface area contributed by atoms with Crippen LogP contribution in [-0.4, -0.2) is 75.1 Å². The summed E-state index contributed by atoms with van der Waals surface area (Å²) in [5.41, 5.74) is 3.96. The Morgan fingerprint density at radius 3 is 2.39 bits per heavy atom. The topological polar surface area (TPSA) is 83.4 Å². The first kappa shape index (κ1) is 25.9. The quantitative estimate of drug-likeness (QED) is 0.519. The van der Waals surface area contributed by atoms with Gasteiger partial charge in [0, 0.05) is 80.8 Å². The third-order valence-corrected chi connectivity index (χ3v) is 6.62. The summed E-state index contributed by atoms with van der Waals surface area (Å²) in [5, 5.41) is 8.17. The van der Waals surface area contributed by atoms with E-state index in [0.717, 1.165) is 55.2 Å². The number of amides is 2. The van der Waals surface area contributed by atoms with E-state index in [0.29, 0.717) is 10.6 Å². The zero-order valence-electron chi connectivity index (χ0n) is 21.2. The van der Waals surface area contributed by atoms with E-state index in [1.807, 2.05) is 46.8 Å². The molecule has 1 aromatic carbocycles. The fourth-order valence-electron chi connectivity index (χ4n) is 4.54. The van der Waals surface area contributed by atoms with Gasteiger partial charge >= 0.3 is 0 Å². The number of pyridine rings is 1. The Labute approximate surface area is 217 Å². The molecule has 3 aromatic rings. The first-order valence-electron chi connectivity index (χ1n) is 12.3. The van der Waals surface area contributed by atoms with Crippen molar-refractivity contribution >= 4 is 23.4 Å². The Bertz CT molecular complexity index is 1220. The Morgan fingerprint density at radius 1 is 1.03 bits per heavy atom. The number of halogens is 1. The Kier molecular flexibility index (Phi) is 8.06. The molecule has 190 valence electrons. The van der Waals surface area contributed by atoms with Crippen LogP contribution in [0.4, 0.5) is 0 Å². The van der Waals surface area contributed by atoms with Gasteiger partial charge in [0.05, 0.1) is 16.4 Å². The number of benzene rings is 1. The first-order valence-corrected chi connectivity index (χ1v) is 12.7. The number of piperazine rings is 1. The van der Waals surface area contributed by atoms with Gasteiger partial charge in [-0.3, -0.25) is 24.2 Å². The van der Waals surface area contributed by atoms with Gasteiger partial charge in [0.1, 0.15) is 0 Å². The van der Waals surface area contributed by atoms with E-state index in [-0.39, 0.29) is 23.9 Å². The summed E-state index contributed by atoms with van der Waals surface area (Å²) in [7, 11) is 0. The minimum Gasteiger partial charge on any atom is -0.348 e. The number of carbonyl (C=O) groups is 2. The third-order valence-electron chi connectivity index (χ3n) is 6.40. The van der Waals surface area contributed by atoms with Crippen molar-refractivity contribution in [3.8, 4) is 22.5 Å². The second kappa shape index (κ2) is 11.2. The molecule has 1 aliphatic heterocycles. The second-order valence-electron chi connectivity index (χ2n) is 9.60. The van der Waals surface area contributed by atoms with Crippen molar-refractivity contribution < 1.29 is 9.59 Å². The van der Waals surface area contributed by atoms with Crippen LogP contribution in [0.25, 0.3) is 22.5 Å². The molecule has 1 fully saturated rings. The molecule has 0 unspecified atom stereocenters. The molecule has 9 heteroatoms. The summed E-state index contributed by atoms with van der Waals surface area (Å²) in [4.78, 5) is 33.6. The van der Waals surface area contributed by atoms with Gasteiger partial charge in [-0.1, -0.05) is 11.6 Å². The van der Waals surface area contributed by atoms with Crippen LogP contribution in [0.15, 0.2) is 48.8 Å². The van der Waals surface area contributed by atoms with Crippen molar-refractivity contribution in [2.24, 2.45) is 0 Å². The highest BCUT2D eigenvalue weighted by atomic mass is 35.5. The lowest BCUT2D eigenvalue weighted by molar-refractivity contribution is -0.130.